The van der Waals surface area contributed by atoms with Crippen LogP contribution in [-0.2, 0) is 24.0 Å². The van der Waals surface area contributed by atoms with Gasteiger partial charge in [-0.3, -0.25) is 24.2 Å². The Balaban J connectivity index is 5.07. The van der Waals surface area contributed by atoms with E-state index in [0.717, 1.165) is 0 Å². The van der Waals surface area contributed by atoms with Crippen LogP contribution in [0.3, 0.4) is 0 Å². The maximum absolute atomic E-state index is 12.4. The topological polar surface area (TPSA) is 266 Å². The Morgan fingerprint density at radius 3 is 1.97 bits per heavy atom. The van der Waals surface area contributed by atoms with Gasteiger partial charge in [0.15, 0.2) is 5.96 Å². The molecule has 0 fully saturated rings. The average Bonchev–Trinajstić information content (AvgIpc) is 2.59. The molecular formula is C15H27N7O7. The van der Waals surface area contributed by atoms with Crippen molar-refractivity contribution in [3.8, 4) is 0 Å². The van der Waals surface area contributed by atoms with Crippen molar-refractivity contribution in [2.24, 2.45) is 27.9 Å². The lowest BCUT2D eigenvalue weighted by molar-refractivity contribution is -0.143. The van der Waals surface area contributed by atoms with E-state index in [1.165, 1.54) is 0 Å². The molecule has 0 aromatic carbocycles. The molecule has 14 nitrogen and oxygen atoms in total. The molecule has 164 valence electrons. The van der Waals surface area contributed by atoms with Crippen molar-refractivity contribution in [3.63, 3.8) is 0 Å². The summed E-state index contributed by atoms with van der Waals surface area (Å²) in [5, 5.41) is 22.5. The normalized spacial score (nSPS) is 13.4. The van der Waals surface area contributed by atoms with Gasteiger partial charge in [-0.15, -0.1) is 0 Å². The van der Waals surface area contributed by atoms with Crippen LogP contribution < -0.4 is 33.6 Å². The van der Waals surface area contributed by atoms with Crippen LogP contribution in [0.25, 0.3) is 0 Å². The number of nitrogens with two attached hydrogens (primary N) is 4. The molecule has 12 N–H and O–H groups in total. The molecule has 3 atom stereocenters. The highest BCUT2D eigenvalue weighted by Crippen LogP contribution is 2.04. The summed E-state index contributed by atoms with van der Waals surface area (Å²) in [5.74, 6) is -5.40. The minimum Gasteiger partial charge on any atom is -0.481 e. The monoisotopic (exact) mass is 417 g/mol. The van der Waals surface area contributed by atoms with Gasteiger partial charge in [-0.25, -0.2) is 4.79 Å². The Morgan fingerprint density at radius 1 is 0.897 bits per heavy atom. The lowest BCUT2D eigenvalue weighted by atomic mass is 10.1. The van der Waals surface area contributed by atoms with E-state index in [1.54, 1.807) is 0 Å². The molecular weight excluding hydrogens is 390 g/mol. The first kappa shape index (κ1) is 25.6. The van der Waals surface area contributed by atoms with Crippen LogP contribution in [0.4, 0.5) is 0 Å². The lowest BCUT2D eigenvalue weighted by Gasteiger charge is -2.22. The molecule has 0 rings (SSSR count). The number of rotatable bonds is 14. The van der Waals surface area contributed by atoms with Gasteiger partial charge in [-0.05, 0) is 19.3 Å². The van der Waals surface area contributed by atoms with Crippen LogP contribution in [-0.4, -0.2) is 70.5 Å². The number of nitrogens with one attached hydrogen (secondary N) is 2. The molecule has 29 heavy (non-hydrogen) atoms. The third kappa shape index (κ3) is 11.8. The van der Waals surface area contributed by atoms with Gasteiger partial charge >= 0.3 is 11.9 Å². The Hall–Kier alpha value is -3.42. The van der Waals surface area contributed by atoms with Gasteiger partial charge in [0.25, 0.3) is 0 Å². The molecule has 0 spiro atoms. The zero-order chi connectivity index (χ0) is 22.6. The molecule has 0 saturated heterocycles. The van der Waals surface area contributed by atoms with E-state index in [4.69, 9.17) is 28.0 Å². The number of carbonyl (C=O) groups is 5. The predicted octanol–water partition coefficient (Wildman–Crippen LogP) is -3.84. The molecule has 14 heteroatoms. The predicted molar refractivity (Wildman–Crippen MR) is 100 cm³/mol. The molecule has 0 aromatic heterocycles. The Labute approximate surface area is 166 Å². The quantitative estimate of drug-likeness (QED) is 0.0774. The van der Waals surface area contributed by atoms with E-state index >= 15 is 0 Å². The van der Waals surface area contributed by atoms with Gasteiger partial charge in [-0.1, -0.05) is 0 Å². The Morgan fingerprint density at radius 2 is 1.48 bits per heavy atom. The minimum absolute atomic E-state index is 0.0152. The van der Waals surface area contributed by atoms with E-state index in [9.17, 15) is 29.1 Å². The van der Waals surface area contributed by atoms with Crippen molar-refractivity contribution in [3.05, 3.63) is 0 Å². The molecule has 0 saturated carbocycles. The number of carboxylic acid groups (broad SMARTS) is 2. The van der Waals surface area contributed by atoms with E-state index in [0.29, 0.717) is 0 Å². The van der Waals surface area contributed by atoms with Crippen LogP contribution in [0.15, 0.2) is 4.99 Å². The molecule has 0 aliphatic rings. The molecule has 0 aliphatic carbocycles. The average molecular weight is 417 g/mol. The zero-order valence-electron chi connectivity index (χ0n) is 15.7. The highest BCUT2D eigenvalue weighted by atomic mass is 16.4. The van der Waals surface area contributed by atoms with Crippen molar-refractivity contribution in [1.29, 1.82) is 0 Å². The van der Waals surface area contributed by atoms with Crippen molar-refractivity contribution < 1.29 is 34.2 Å². The van der Waals surface area contributed by atoms with E-state index < -0.39 is 60.6 Å². The lowest BCUT2D eigenvalue weighted by Crippen LogP contribution is -2.55. The van der Waals surface area contributed by atoms with E-state index in [2.05, 4.69) is 15.6 Å². The van der Waals surface area contributed by atoms with Crippen LogP contribution >= 0.6 is 0 Å². The van der Waals surface area contributed by atoms with Gasteiger partial charge in [0.05, 0.1) is 12.5 Å². The first-order valence-electron chi connectivity index (χ1n) is 8.58. The van der Waals surface area contributed by atoms with E-state index in [-0.39, 0.29) is 31.8 Å². The highest BCUT2D eigenvalue weighted by molar-refractivity contribution is 5.93. The second-order valence-electron chi connectivity index (χ2n) is 6.12. The standard InChI is InChI=1S/C15H27N7O7/c16-7(6-10(17)23)12(26)21-8(3-4-11(24)25)13(27)22-9(14(28)29)2-1-5-20-15(18)19/h7-9H,1-6,16H2,(H2,17,23)(H,21,26)(H,22,27)(H,24,25)(H,28,29)(H4,18,19,20)/t7-,8-,9-/m0/s1. The fourth-order valence-corrected chi connectivity index (χ4v) is 2.16. The summed E-state index contributed by atoms with van der Waals surface area (Å²) in [4.78, 5) is 61.1. The maximum Gasteiger partial charge on any atom is 0.326 e. The molecule has 0 aromatic rings. The van der Waals surface area contributed by atoms with Gasteiger partial charge in [-0.2, -0.15) is 0 Å². The van der Waals surface area contributed by atoms with Crippen LogP contribution in [0.1, 0.15) is 32.1 Å². The summed E-state index contributed by atoms with van der Waals surface area (Å²) >= 11 is 0. The number of hydrogen-bond donors (Lipinski definition) is 8. The van der Waals surface area contributed by atoms with Gasteiger partial charge in [0.2, 0.25) is 17.7 Å². The first-order chi connectivity index (χ1) is 13.4. The van der Waals surface area contributed by atoms with Crippen molar-refractivity contribution in [2.75, 3.05) is 6.54 Å². The number of carboxylic acids is 2. The number of primary amides is 1. The number of nitrogens with zero attached hydrogens (tertiary/aromatic N) is 1. The third-order valence-electron chi connectivity index (χ3n) is 3.60. The van der Waals surface area contributed by atoms with Crippen molar-refractivity contribution in [1.82, 2.24) is 10.6 Å². The van der Waals surface area contributed by atoms with Gasteiger partial charge in [0, 0.05) is 13.0 Å². The number of hydrogen-bond acceptors (Lipinski definition) is 7. The molecule has 0 unspecified atom stereocenters. The molecule has 0 aliphatic heterocycles. The second-order valence-corrected chi connectivity index (χ2v) is 6.12. The molecule has 0 radical (unpaired) electrons. The highest BCUT2D eigenvalue weighted by Gasteiger charge is 2.28. The van der Waals surface area contributed by atoms with Gasteiger partial charge < -0.3 is 43.8 Å². The largest absolute Gasteiger partial charge is 0.481 e. The SMILES string of the molecule is NC(=O)C[C@H](N)C(=O)N[C@@H](CCC(=O)O)C(=O)N[C@@H](CCCN=C(N)N)C(=O)O. The van der Waals surface area contributed by atoms with Crippen LogP contribution in [0, 0.1) is 0 Å². The summed E-state index contributed by atoms with van der Waals surface area (Å²) in [5.41, 5.74) is 20.8. The number of aliphatic imine (C=N–C) groups is 1. The number of guanidine groups is 1. The van der Waals surface area contributed by atoms with Crippen molar-refractivity contribution in [2.45, 2.75) is 50.2 Å². The van der Waals surface area contributed by atoms with E-state index in [1.807, 2.05) is 0 Å². The maximum atomic E-state index is 12.4. The molecule has 3 amide bonds. The fourth-order valence-electron chi connectivity index (χ4n) is 2.16. The summed E-state index contributed by atoms with van der Waals surface area (Å²) < 4.78 is 0. The third-order valence-corrected chi connectivity index (χ3v) is 3.60. The van der Waals surface area contributed by atoms with Crippen LogP contribution in [0.2, 0.25) is 0 Å². The minimum atomic E-state index is -1.38. The molecule has 0 bridgehead atoms. The second kappa shape index (κ2) is 12.9. The van der Waals surface area contributed by atoms with Crippen molar-refractivity contribution >= 4 is 35.6 Å². The summed E-state index contributed by atoms with van der Waals surface area (Å²) in [6, 6.07) is -4.04. The smallest absolute Gasteiger partial charge is 0.326 e. The Bertz CT molecular complexity index is 649. The first-order valence-corrected chi connectivity index (χ1v) is 8.58. The zero-order valence-corrected chi connectivity index (χ0v) is 15.7. The van der Waals surface area contributed by atoms with Gasteiger partial charge in [0.1, 0.15) is 12.1 Å². The number of carbonyl (C=O) groups excluding carboxylic acids is 3. The fraction of sp³-hybridized carbons (Fsp3) is 0.600. The Kier molecular flexibility index (Phi) is 11.4. The number of aliphatic carboxylic acids is 2. The molecule has 0 heterocycles. The summed E-state index contributed by atoms with van der Waals surface area (Å²) in [7, 11) is 0. The summed E-state index contributed by atoms with van der Waals surface area (Å²) in [6.45, 7) is 0.142. The number of amides is 3. The summed E-state index contributed by atoms with van der Waals surface area (Å²) in [6.07, 6.45) is -1.06. The van der Waals surface area contributed by atoms with Crippen LogP contribution in [0.5, 0.6) is 0 Å².